The number of aromatic carboxylic acids is 1. The summed E-state index contributed by atoms with van der Waals surface area (Å²) in [6.45, 7) is 1.76. The third-order valence-corrected chi connectivity index (χ3v) is 4.07. The maximum absolute atomic E-state index is 12.8. The molecule has 0 fully saturated rings. The Balaban J connectivity index is 2.07. The van der Waals surface area contributed by atoms with Gasteiger partial charge in [-0.15, -0.1) is 0 Å². The smallest absolute Gasteiger partial charge is 0.433 e. The number of hydrogen-bond acceptors (Lipinski definition) is 3. The lowest BCUT2D eigenvalue weighted by atomic mass is 9.91. The van der Waals surface area contributed by atoms with Crippen LogP contribution < -0.4 is 0 Å². The minimum absolute atomic E-state index is 0.102. The van der Waals surface area contributed by atoms with Gasteiger partial charge in [0.15, 0.2) is 0 Å². The molecule has 0 aliphatic heterocycles. The van der Waals surface area contributed by atoms with Gasteiger partial charge in [0.05, 0.1) is 11.1 Å². The number of carboxylic acid groups (broad SMARTS) is 1. The highest BCUT2D eigenvalue weighted by Gasteiger charge is 2.32. The Bertz CT molecular complexity index is 954. The number of pyridine rings is 2. The molecule has 1 atom stereocenters. The third kappa shape index (κ3) is 3.31. The fourth-order valence-electron chi connectivity index (χ4n) is 2.68. The fourth-order valence-corrected chi connectivity index (χ4v) is 2.68. The van der Waals surface area contributed by atoms with Gasteiger partial charge in [-0.05, 0) is 41.5 Å². The van der Waals surface area contributed by atoms with Crippen molar-refractivity contribution in [3.8, 4) is 0 Å². The first-order valence-electron chi connectivity index (χ1n) is 7.42. The first-order valence-corrected chi connectivity index (χ1v) is 7.42. The highest BCUT2D eigenvalue weighted by Crippen LogP contribution is 2.32. The summed E-state index contributed by atoms with van der Waals surface area (Å²) in [7, 11) is 0. The molecule has 3 rings (SSSR count). The Labute approximate surface area is 141 Å². The molecule has 3 aromatic rings. The van der Waals surface area contributed by atoms with E-state index in [4.69, 9.17) is 0 Å². The number of rotatable bonds is 3. The average Bonchev–Trinajstić information content (AvgIpc) is 2.59. The number of aromatic nitrogens is 2. The average molecular weight is 346 g/mol. The van der Waals surface area contributed by atoms with E-state index in [-0.39, 0.29) is 11.5 Å². The van der Waals surface area contributed by atoms with Gasteiger partial charge in [-0.2, -0.15) is 13.2 Å². The van der Waals surface area contributed by atoms with Gasteiger partial charge in [-0.1, -0.05) is 13.0 Å². The van der Waals surface area contributed by atoms with Gasteiger partial charge in [-0.25, -0.2) is 4.79 Å². The second-order valence-corrected chi connectivity index (χ2v) is 5.63. The molecule has 2 aromatic heterocycles. The maximum atomic E-state index is 12.8. The van der Waals surface area contributed by atoms with Crippen LogP contribution in [0.3, 0.4) is 0 Å². The molecule has 0 amide bonds. The Kier molecular flexibility index (Phi) is 4.16. The summed E-state index contributed by atoms with van der Waals surface area (Å²) < 4.78 is 38.5. The molecule has 1 N–H and O–H groups in total. The quantitative estimate of drug-likeness (QED) is 0.758. The van der Waals surface area contributed by atoms with E-state index in [0.29, 0.717) is 22.0 Å². The van der Waals surface area contributed by atoms with Crippen molar-refractivity contribution in [2.45, 2.75) is 19.0 Å². The van der Waals surface area contributed by atoms with Crippen LogP contribution >= 0.6 is 0 Å². The van der Waals surface area contributed by atoms with Crippen LogP contribution in [-0.2, 0) is 6.18 Å². The van der Waals surface area contributed by atoms with Crippen LogP contribution in [0.1, 0.15) is 40.0 Å². The number of benzene rings is 1. The van der Waals surface area contributed by atoms with Crippen molar-refractivity contribution in [3.05, 3.63) is 71.2 Å². The fraction of sp³-hybridized carbons (Fsp3) is 0.167. The van der Waals surface area contributed by atoms with Crippen molar-refractivity contribution in [2.24, 2.45) is 0 Å². The lowest BCUT2D eigenvalue weighted by molar-refractivity contribution is -0.141. The SMILES string of the molecule is CC(c1ccnc(C(F)(F)F)c1)c1ccc2nccc(C(=O)O)c2c1. The standard InChI is InChI=1S/C18H13F3N2O2/c1-10(12-4-6-23-16(9-12)18(19,20)21)11-2-3-15-14(8-11)13(17(24)25)5-7-22-15/h2-10H,1H3,(H,24,25). The van der Waals surface area contributed by atoms with Crippen molar-refractivity contribution < 1.29 is 23.1 Å². The molecular formula is C18H13F3N2O2. The van der Waals surface area contributed by atoms with E-state index in [1.165, 1.54) is 18.3 Å². The number of hydrogen-bond donors (Lipinski definition) is 1. The van der Waals surface area contributed by atoms with E-state index in [0.717, 1.165) is 12.3 Å². The molecule has 0 saturated carbocycles. The van der Waals surface area contributed by atoms with E-state index in [2.05, 4.69) is 9.97 Å². The molecule has 0 aliphatic carbocycles. The minimum Gasteiger partial charge on any atom is -0.478 e. The summed E-state index contributed by atoms with van der Waals surface area (Å²) in [5.74, 6) is -1.45. The summed E-state index contributed by atoms with van der Waals surface area (Å²) in [6, 6.07) is 8.98. The zero-order valence-corrected chi connectivity index (χ0v) is 13.1. The molecule has 1 unspecified atom stereocenters. The largest absolute Gasteiger partial charge is 0.478 e. The minimum atomic E-state index is -4.51. The summed E-state index contributed by atoms with van der Waals surface area (Å²) >= 11 is 0. The van der Waals surface area contributed by atoms with Crippen LogP contribution in [0.2, 0.25) is 0 Å². The van der Waals surface area contributed by atoms with Crippen LogP contribution in [0.15, 0.2) is 48.8 Å². The zero-order chi connectivity index (χ0) is 18.2. The van der Waals surface area contributed by atoms with Crippen molar-refractivity contribution in [3.63, 3.8) is 0 Å². The molecule has 0 bridgehead atoms. The molecule has 1 aromatic carbocycles. The van der Waals surface area contributed by atoms with E-state index in [9.17, 15) is 23.1 Å². The van der Waals surface area contributed by atoms with Crippen LogP contribution in [-0.4, -0.2) is 21.0 Å². The Morgan fingerprint density at radius 2 is 1.72 bits per heavy atom. The van der Waals surface area contributed by atoms with Crippen molar-refractivity contribution in [2.75, 3.05) is 0 Å². The molecule has 25 heavy (non-hydrogen) atoms. The number of carboxylic acids is 1. The second-order valence-electron chi connectivity index (χ2n) is 5.63. The van der Waals surface area contributed by atoms with Gasteiger partial charge in [-0.3, -0.25) is 9.97 Å². The number of alkyl halides is 3. The first kappa shape index (κ1) is 16.9. The van der Waals surface area contributed by atoms with E-state index >= 15 is 0 Å². The van der Waals surface area contributed by atoms with Gasteiger partial charge in [0.25, 0.3) is 0 Å². The third-order valence-electron chi connectivity index (χ3n) is 4.07. The Hall–Kier alpha value is -2.96. The van der Waals surface area contributed by atoms with Crippen LogP contribution in [0.25, 0.3) is 10.9 Å². The monoisotopic (exact) mass is 346 g/mol. The molecule has 7 heteroatoms. The van der Waals surface area contributed by atoms with Gasteiger partial charge in [0.1, 0.15) is 5.69 Å². The van der Waals surface area contributed by atoms with E-state index in [1.807, 2.05) is 0 Å². The number of halogens is 3. The lowest BCUT2D eigenvalue weighted by Crippen LogP contribution is -2.09. The molecule has 0 aliphatic rings. The number of fused-ring (bicyclic) bond motifs is 1. The van der Waals surface area contributed by atoms with E-state index < -0.39 is 17.8 Å². The zero-order valence-electron chi connectivity index (χ0n) is 13.1. The maximum Gasteiger partial charge on any atom is 0.433 e. The lowest BCUT2D eigenvalue weighted by Gasteiger charge is -2.15. The van der Waals surface area contributed by atoms with Gasteiger partial charge in [0.2, 0.25) is 0 Å². The molecule has 0 spiro atoms. The van der Waals surface area contributed by atoms with Gasteiger partial charge >= 0.3 is 12.1 Å². The Morgan fingerprint density at radius 1 is 1.04 bits per heavy atom. The predicted molar refractivity (Wildman–Crippen MR) is 85.5 cm³/mol. The summed E-state index contributed by atoms with van der Waals surface area (Å²) in [6.07, 6.45) is -1.98. The predicted octanol–water partition coefficient (Wildman–Crippen LogP) is 4.50. The van der Waals surface area contributed by atoms with Gasteiger partial charge in [0, 0.05) is 23.7 Å². The van der Waals surface area contributed by atoms with E-state index in [1.54, 1.807) is 25.1 Å². The number of nitrogens with zero attached hydrogens (tertiary/aromatic N) is 2. The molecule has 0 saturated heterocycles. The second kappa shape index (κ2) is 6.16. The topological polar surface area (TPSA) is 63.1 Å². The first-order chi connectivity index (χ1) is 11.8. The summed E-state index contributed by atoms with van der Waals surface area (Å²) in [5, 5.41) is 9.74. The molecule has 128 valence electrons. The normalized spacial score (nSPS) is 13.0. The molecule has 4 nitrogen and oxygen atoms in total. The highest BCUT2D eigenvalue weighted by atomic mass is 19.4. The molecule has 0 radical (unpaired) electrons. The van der Waals surface area contributed by atoms with Crippen molar-refractivity contribution in [1.29, 1.82) is 0 Å². The number of carbonyl (C=O) groups is 1. The summed E-state index contributed by atoms with van der Waals surface area (Å²) in [4.78, 5) is 18.8. The van der Waals surface area contributed by atoms with Crippen LogP contribution in [0.5, 0.6) is 0 Å². The molecular weight excluding hydrogens is 333 g/mol. The van der Waals surface area contributed by atoms with Crippen LogP contribution in [0, 0.1) is 0 Å². The molecule has 2 heterocycles. The van der Waals surface area contributed by atoms with Gasteiger partial charge < -0.3 is 5.11 Å². The highest BCUT2D eigenvalue weighted by molar-refractivity contribution is 6.02. The van der Waals surface area contributed by atoms with Crippen LogP contribution in [0.4, 0.5) is 13.2 Å². The van der Waals surface area contributed by atoms with Crippen molar-refractivity contribution in [1.82, 2.24) is 9.97 Å². The summed E-state index contributed by atoms with van der Waals surface area (Å²) in [5.41, 5.74) is 0.807. The Morgan fingerprint density at radius 3 is 2.40 bits per heavy atom. The van der Waals surface area contributed by atoms with Crippen molar-refractivity contribution >= 4 is 16.9 Å².